The number of benzene rings is 1. The van der Waals surface area contributed by atoms with Crippen molar-refractivity contribution in [1.82, 2.24) is 9.21 Å². The molecule has 1 atom stereocenters. The molecule has 22 heavy (non-hydrogen) atoms. The van der Waals surface area contributed by atoms with Gasteiger partial charge in [-0.2, -0.15) is 4.31 Å². The Kier molecular flexibility index (Phi) is 4.27. The number of rotatable bonds is 4. The van der Waals surface area contributed by atoms with Crippen LogP contribution < -0.4 is 0 Å². The number of nitrogens with zero attached hydrogens (tertiary/aromatic N) is 2. The Bertz CT molecular complexity index is 650. The van der Waals surface area contributed by atoms with E-state index >= 15 is 0 Å². The second kappa shape index (κ2) is 5.91. The first-order valence-electron chi connectivity index (χ1n) is 7.90. The molecule has 0 aromatic heterocycles. The first-order chi connectivity index (χ1) is 10.4. The third kappa shape index (κ3) is 3.05. The topological polar surface area (TPSA) is 40.6 Å². The van der Waals surface area contributed by atoms with Crippen molar-refractivity contribution in [2.75, 3.05) is 26.2 Å². The summed E-state index contributed by atoms with van der Waals surface area (Å²) >= 11 is 0. The predicted octanol–water partition coefficient (Wildman–Crippen LogP) is 2.24. The quantitative estimate of drug-likeness (QED) is 0.852. The normalized spacial score (nSPS) is 22.7. The molecule has 0 bridgehead atoms. The number of piperazine rings is 1. The van der Waals surface area contributed by atoms with Gasteiger partial charge in [0.2, 0.25) is 10.0 Å². The minimum Gasteiger partial charge on any atom is -0.298 e. The van der Waals surface area contributed by atoms with Gasteiger partial charge in [-0.25, -0.2) is 12.8 Å². The molecule has 3 rings (SSSR count). The summed E-state index contributed by atoms with van der Waals surface area (Å²) in [5.74, 6) is 0.421. The predicted molar refractivity (Wildman–Crippen MR) is 83.7 cm³/mol. The summed E-state index contributed by atoms with van der Waals surface area (Å²) < 4.78 is 40.2. The van der Waals surface area contributed by atoms with Crippen molar-refractivity contribution in [2.24, 2.45) is 5.92 Å². The Balaban J connectivity index is 1.70. The van der Waals surface area contributed by atoms with Gasteiger partial charge < -0.3 is 0 Å². The third-order valence-electron chi connectivity index (χ3n) is 4.92. The molecule has 6 heteroatoms. The third-order valence-corrected chi connectivity index (χ3v) is 6.82. The van der Waals surface area contributed by atoms with E-state index in [2.05, 4.69) is 11.8 Å². The van der Waals surface area contributed by atoms with Gasteiger partial charge in [-0.05, 0) is 56.4 Å². The molecule has 1 saturated carbocycles. The highest BCUT2D eigenvalue weighted by atomic mass is 32.2. The van der Waals surface area contributed by atoms with Gasteiger partial charge in [0.05, 0.1) is 4.90 Å². The standard InChI is InChI=1S/C16H23FN2O2S/c1-12-11-15(5-6-16(12)17)22(20,21)19-9-7-18(8-10-19)13(2)14-3-4-14/h5-6,11,13-14H,3-4,7-10H2,1-2H3. The summed E-state index contributed by atoms with van der Waals surface area (Å²) in [5.41, 5.74) is 0.363. The Morgan fingerprint density at radius 2 is 1.82 bits per heavy atom. The molecule has 1 unspecified atom stereocenters. The lowest BCUT2D eigenvalue weighted by molar-refractivity contribution is 0.133. The van der Waals surface area contributed by atoms with E-state index in [1.54, 1.807) is 6.92 Å². The molecule has 0 spiro atoms. The number of aryl methyl sites for hydroxylation is 1. The highest BCUT2D eigenvalue weighted by Gasteiger charge is 2.35. The highest BCUT2D eigenvalue weighted by Crippen LogP contribution is 2.35. The molecule has 1 aliphatic carbocycles. The minimum absolute atomic E-state index is 0.190. The first kappa shape index (κ1) is 15.9. The molecule has 1 heterocycles. The van der Waals surface area contributed by atoms with Crippen LogP contribution in [-0.4, -0.2) is 49.8 Å². The van der Waals surface area contributed by atoms with E-state index in [0.29, 0.717) is 24.7 Å². The maximum Gasteiger partial charge on any atom is 0.243 e. The Labute approximate surface area is 132 Å². The molecule has 1 aromatic rings. The van der Waals surface area contributed by atoms with E-state index in [9.17, 15) is 12.8 Å². The van der Waals surface area contributed by atoms with Crippen LogP contribution in [0.15, 0.2) is 23.1 Å². The van der Waals surface area contributed by atoms with Gasteiger partial charge in [-0.1, -0.05) is 0 Å². The summed E-state index contributed by atoms with van der Waals surface area (Å²) in [7, 11) is -3.52. The fourth-order valence-electron chi connectivity index (χ4n) is 3.15. The summed E-state index contributed by atoms with van der Waals surface area (Å²) in [6.45, 7) is 6.40. The Hall–Kier alpha value is -0.980. The fraction of sp³-hybridized carbons (Fsp3) is 0.625. The maximum atomic E-state index is 13.3. The number of halogens is 1. The van der Waals surface area contributed by atoms with Crippen LogP contribution in [0.4, 0.5) is 4.39 Å². The van der Waals surface area contributed by atoms with Crippen LogP contribution in [0.3, 0.4) is 0 Å². The van der Waals surface area contributed by atoms with E-state index in [-0.39, 0.29) is 10.7 Å². The molecule has 0 N–H and O–H groups in total. The zero-order valence-electron chi connectivity index (χ0n) is 13.1. The molecule has 0 amide bonds. The van der Waals surface area contributed by atoms with Crippen molar-refractivity contribution < 1.29 is 12.8 Å². The van der Waals surface area contributed by atoms with Gasteiger partial charge >= 0.3 is 0 Å². The van der Waals surface area contributed by atoms with Gasteiger partial charge in [0.1, 0.15) is 5.82 Å². The lowest BCUT2D eigenvalue weighted by atomic mass is 10.1. The van der Waals surface area contributed by atoms with E-state index in [1.165, 1.54) is 35.3 Å². The largest absolute Gasteiger partial charge is 0.298 e. The van der Waals surface area contributed by atoms with Crippen LogP contribution in [0.25, 0.3) is 0 Å². The SMILES string of the molecule is Cc1cc(S(=O)(=O)N2CCN(C(C)C3CC3)CC2)ccc1F. The first-order valence-corrected chi connectivity index (χ1v) is 9.34. The lowest BCUT2D eigenvalue weighted by Gasteiger charge is -2.37. The van der Waals surface area contributed by atoms with Crippen molar-refractivity contribution >= 4 is 10.0 Å². The summed E-state index contributed by atoms with van der Waals surface area (Å²) in [6, 6.07) is 4.56. The second-order valence-corrected chi connectivity index (χ2v) is 8.37. The van der Waals surface area contributed by atoms with Crippen molar-refractivity contribution in [3.8, 4) is 0 Å². The van der Waals surface area contributed by atoms with Crippen molar-refractivity contribution in [1.29, 1.82) is 0 Å². The Morgan fingerprint density at radius 1 is 1.18 bits per heavy atom. The van der Waals surface area contributed by atoms with Crippen molar-refractivity contribution in [3.63, 3.8) is 0 Å². The van der Waals surface area contributed by atoms with Crippen LogP contribution in [0.1, 0.15) is 25.3 Å². The molecule has 122 valence electrons. The second-order valence-electron chi connectivity index (χ2n) is 6.43. The minimum atomic E-state index is -3.52. The molecule has 1 aromatic carbocycles. The van der Waals surface area contributed by atoms with Crippen LogP contribution in [-0.2, 0) is 10.0 Å². The van der Waals surface area contributed by atoms with Crippen LogP contribution in [0.5, 0.6) is 0 Å². The molecule has 1 aliphatic heterocycles. The number of sulfonamides is 1. The van der Waals surface area contributed by atoms with Crippen LogP contribution in [0, 0.1) is 18.7 Å². The number of hydrogen-bond acceptors (Lipinski definition) is 3. The number of hydrogen-bond donors (Lipinski definition) is 0. The molecule has 4 nitrogen and oxygen atoms in total. The van der Waals surface area contributed by atoms with Gasteiger partial charge in [-0.15, -0.1) is 0 Å². The van der Waals surface area contributed by atoms with Gasteiger partial charge in [0.15, 0.2) is 0 Å². The zero-order valence-corrected chi connectivity index (χ0v) is 13.9. The molecule has 2 aliphatic rings. The summed E-state index contributed by atoms with van der Waals surface area (Å²) in [6.07, 6.45) is 2.60. The van der Waals surface area contributed by atoms with E-state index in [1.807, 2.05) is 0 Å². The summed E-state index contributed by atoms with van der Waals surface area (Å²) in [5, 5.41) is 0. The fourth-order valence-corrected chi connectivity index (χ4v) is 4.66. The molecule has 2 fully saturated rings. The van der Waals surface area contributed by atoms with Crippen LogP contribution >= 0.6 is 0 Å². The van der Waals surface area contributed by atoms with Crippen LogP contribution in [0.2, 0.25) is 0 Å². The molecule has 0 radical (unpaired) electrons. The van der Waals surface area contributed by atoms with E-state index < -0.39 is 10.0 Å². The smallest absolute Gasteiger partial charge is 0.243 e. The molecular formula is C16H23FN2O2S. The maximum absolute atomic E-state index is 13.3. The average Bonchev–Trinajstić information content (AvgIpc) is 3.34. The zero-order chi connectivity index (χ0) is 15.9. The van der Waals surface area contributed by atoms with Gasteiger partial charge in [0.25, 0.3) is 0 Å². The highest BCUT2D eigenvalue weighted by molar-refractivity contribution is 7.89. The monoisotopic (exact) mass is 326 g/mol. The van der Waals surface area contributed by atoms with E-state index in [0.717, 1.165) is 19.0 Å². The molecule has 1 saturated heterocycles. The average molecular weight is 326 g/mol. The van der Waals surface area contributed by atoms with Crippen molar-refractivity contribution in [3.05, 3.63) is 29.6 Å². The van der Waals surface area contributed by atoms with Gasteiger partial charge in [-0.3, -0.25) is 4.90 Å². The Morgan fingerprint density at radius 3 is 2.36 bits per heavy atom. The molecular weight excluding hydrogens is 303 g/mol. The van der Waals surface area contributed by atoms with Crippen molar-refractivity contribution in [2.45, 2.75) is 37.6 Å². The van der Waals surface area contributed by atoms with Gasteiger partial charge in [0, 0.05) is 32.2 Å². The van der Waals surface area contributed by atoms with E-state index in [4.69, 9.17) is 0 Å². The lowest BCUT2D eigenvalue weighted by Crippen LogP contribution is -2.51. The summed E-state index contributed by atoms with van der Waals surface area (Å²) in [4.78, 5) is 2.58.